The maximum Gasteiger partial charge on any atom is 0.350 e. The van der Waals surface area contributed by atoms with Crippen LogP contribution in [0, 0.1) is 0 Å². The minimum atomic E-state index is -0.188. The smallest absolute Gasteiger partial charge is 0.350 e. The van der Waals surface area contributed by atoms with Gasteiger partial charge in [0.1, 0.15) is 5.82 Å². The molecule has 0 saturated carbocycles. The summed E-state index contributed by atoms with van der Waals surface area (Å²) < 4.78 is 1.79. The molecule has 0 radical (unpaired) electrons. The van der Waals surface area contributed by atoms with Crippen LogP contribution in [0.2, 0.25) is 5.02 Å². The number of aromatic nitrogens is 2. The number of aryl methyl sites for hydroxylation is 1. The van der Waals surface area contributed by atoms with Gasteiger partial charge in [0, 0.05) is 42.6 Å². The molecular weight excluding hydrogens is 456 g/mol. The lowest BCUT2D eigenvalue weighted by molar-refractivity contribution is 0.212. The van der Waals surface area contributed by atoms with Crippen molar-refractivity contribution >= 4 is 39.1 Å². The molecule has 5 nitrogen and oxygen atoms in total. The Bertz CT molecular complexity index is 1370. The fourth-order valence-electron chi connectivity index (χ4n) is 5.20. The monoisotopic (exact) mass is 488 g/mol. The summed E-state index contributed by atoms with van der Waals surface area (Å²) in [5.41, 5.74) is 2.09. The summed E-state index contributed by atoms with van der Waals surface area (Å²) in [6, 6.07) is 21.2. The molecule has 4 aromatic rings. The summed E-state index contributed by atoms with van der Waals surface area (Å²) in [4.78, 5) is 19.9. The van der Waals surface area contributed by atoms with Crippen LogP contribution in [-0.4, -0.2) is 33.6 Å². The maximum absolute atomic E-state index is 12.9. The average molecular weight is 489 g/mol. The molecule has 1 aliphatic rings. The molecule has 1 saturated heterocycles. The van der Waals surface area contributed by atoms with Gasteiger partial charge in [-0.3, -0.25) is 9.47 Å². The Morgan fingerprint density at radius 3 is 2.63 bits per heavy atom. The van der Waals surface area contributed by atoms with Gasteiger partial charge in [-0.25, -0.2) is 4.79 Å². The summed E-state index contributed by atoms with van der Waals surface area (Å²) in [5.74, 6) is 0.659. The van der Waals surface area contributed by atoms with E-state index in [2.05, 4.69) is 64.6 Å². The highest BCUT2D eigenvalue weighted by Gasteiger charge is 2.21. The van der Waals surface area contributed by atoms with Crippen LogP contribution in [0.5, 0.6) is 0 Å². The summed E-state index contributed by atoms with van der Waals surface area (Å²) >= 11 is 6.34. The predicted octanol–water partition coefficient (Wildman–Crippen LogP) is 6.47. The van der Waals surface area contributed by atoms with E-state index >= 15 is 0 Å². The molecule has 0 unspecified atom stereocenters. The first-order valence-corrected chi connectivity index (χ1v) is 13.2. The van der Waals surface area contributed by atoms with Crippen LogP contribution in [0.25, 0.3) is 21.7 Å². The lowest BCUT2D eigenvalue weighted by atomic mass is 10.0. The van der Waals surface area contributed by atoms with Crippen LogP contribution >= 0.6 is 11.6 Å². The van der Waals surface area contributed by atoms with Crippen LogP contribution in [0.1, 0.15) is 44.6 Å². The molecule has 1 N–H and O–H groups in total. The topological polar surface area (TPSA) is 50.2 Å². The van der Waals surface area contributed by atoms with Crippen molar-refractivity contribution in [2.45, 2.75) is 58.2 Å². The molecule has 0 bridgehead atoms. The Balaban J connectivity index is 1.29. The van der Waals surface area contributed by atoms with Crippen molar-refractivity contribution < 1.29 is 0 Å². The Morgan fingerprint density at radius 2 is 1.80 bits per heavy atom. The highest BCUT2D eigenvalue weighted by atomic mass is 35.5. The number of rotatable bonds is 8. The zero-order valence-corrected chi connectivity index (χ0v) is 21.1. The highest BCUT2D eigenvalue weighted by Crippen LogP contribution is 2.27. The van der Waals surface area contributed by atoms with Gasteiger partial charge in [-0.05, 0) is 53.8 Å². The molecule has 0 aliphatic carbocycles. The van der Waals surface area contributed by atoms with Crippen molar-refractivity contribution in [1.82, 2.24) is 14.5 Å². The van der Waals surface area contributed by atoms with E-state index in [-0.39, 0.29) is 11.7 Å². The molecule has 35 heavy (non-hydrogen) atoms. The minimum absolute atomic E-state index is 0.188. The zero-order valence-electron chi connectivity index (χ0n) is 20.3. The van der Waals surface area contributed by atoms with Crippen LogP contribution in [0.15, 0.2) is 65.5 Å². The quantitative estimate of drug-likeness (QED) is 0.289. The van der Waals surface area contributed by atoms with E-state index < -0.39 is 0 Å². The van der Waals surface area contributed by atoms with Crippen LogP contribution in [0.3, 0.4) is 0 Å². The van der Waals surface area contributed by atoms with Gasteiger partial charge in [0.25, 0.3) is 0 Å². The van der Waals surface area contributed by atoms with E-state index in [9.17, 15) is 4.79 Å². The first kappa shape index (κ1) is 23.8. The molecule has 0 amide bonds. The average Bonchev–Trinajstić information content (AvgIpc) is 2.87. The fraction of sp³-hybridized carbons (Fsp3) is 0.379. The van der Waals surface area contributed by atoms with Gasteiger partial charge in [0.05, 0.1) is 5.52 Å². The second-order valence-electron chi connectivity index (χ2n) is 9.60. The molecule has 5 rings (SSSR count). The van der Waals surface area contributed by atoms with E-state index in [1.807, 2.05) is 18.2 Å². The van der Waals surface area contributed by atoms with Gasteiger partial charge in [-0.15, -0.1) is 0 Å². The first-order valence-electron chi connectivity index (χ1n) is 12.8. The van der Waals surface area contributed by atoms with E-state index in [0.29, 0.717) is 17.4 Å². The Hall–Kier alpha value is -2.89. The van der Waals surface area contributed by atoms with Crippen molar-refractivity contribution in [2.75, 3.05) is 18.4 Å². The van der Waals surface area contributed by atoms with Crippen molar-refractivity contribution in [3.05, 3.63) is 81.7 Å². The summed E-state index contributed by atoms with van der Waals surface area (Å²) in [6.45, 7) is 5.82. The van der Waals surface area contributed by atoms with E-state index in [0.717, 1.165) is 62.6 Å². The lowest BCUT2D eigenvalue weighted by Gasteiger charge is -2.33. The number of hydrogen-bond acceptors (Lipinski definition) is 4. The summed E-state index contributed by atoms with van der Waals surface area (Å²) in [6.07, 6.45) is 5.20. The number of unbranched alkanes of at least 4 members (excludes halogenated alkanes) is 2. The SMILES string of the molecule is CCCCCn1c(=O)nc(NC2CCN(Cc3cccc4ccccc34)CC2)c2cc(Cl)ccc21. The second-order valence-corrected chi connectivity index (χ2v) is 10.0. The normalized spacial score (nSPS) is 15.1. The first-order chi connectivity index (χ1) is 17.1. The number of anilines is 1. The Morgan fingerprint density at radius 1 is 1.00 bits per heavy atom. The number of halogens is 1. The minimum Gasteiger partial charge on any atom is -0.367 e. The summed E-state index contributed by atoms with van der Waals surface area (Å²) in [5, 5.41) is 7.80. The van der Waals surface area contributed by atoms with Gasteiger partial charge in [-0.1, -0.05) is 73.8 Å². The third-order valence-corrected chi connectivity index (χ3v) is 7.37. The maximum atomic E-state index is 12.9. The molecule has 1 aromatic heterocycles. The van der Waals surface area contributed by atoms with Crippen LogP contribution in [0.4, 0.5) is 5.82 Å². The molecule has 1 aliphatic heterocycles. The van der Waals surface area contributed by atoms with Gasteiger partial charge in [0.15, 0.2) is 0 Å². The van der Waals surface area contributed by atoms with Crippen LogP contribution < -0.4 is 11.0 Å². The third-order valence-electron chi connectivity index (χ3n) is 7.13. The van der Waals surface area contributed by atoms with Crippen LogP contribution in [-0.2, 0) is 13.1 Å². The number of likely N-dealkylation sites (tertiary alicyclic amines) is 1. The predicted molar refractivity (Wildman–Crippen MR) is 146 cm³/mol. The third kappa shape index (κ3) is 5.36. The van der Waals surface area contributed by atoms with Gasteiger partial charge in [-0.2, -0.15) is 4.98 Å². The molecule has 182 valence electrons. The van der Waals surface area contributed by atoms with E-state index in [1.54, 1.807) is 4.57 Å². The molecule has 2 heterocycles. The Kier molecular flexibility index (Phi) is 7.35. The number of fused-ring (bicyclic) bond motifs is 2. The number of hydrogen-bond donors (Lipinski definition) is 1. The van der Waals surface area contributed by atoms with Gasteiger partial charge < -0.3 is 5.32 Å². The highest BCUT2D eigenvalue weighted by molar-refractivity contribution is 6.31. The molecular formula is C29H33ClN4O. The lowest BCUT2D eigenvalue weighted by Crippen LogP contribution is -2.39. The molecule has 3 aromatic carbocycles. The fourth-order valence-corrected chi connectivity index (χ4v) is 5.37. The van der Waals surface area contributed by atoms with E-state index in [4.69, 9.17) is 11.6 Å². The Labute approximate surface area is 211 Å². The number of benzene rings is 3. The zero-order chi connectivity index (χ0) is 24.2. The van der Waals surface area contributed by atoms with E-state index in [1.165, 1.54) is 16.3 Å². The van der Waals surface area contributed by atoms with Crippen molar-refractivity contribution in [2.24, 2.45) is 0 Å². The largest absolute Gasteiger partial charge is 0.367 e. The number of nitrogens with one attached hydrogen (secondary N) is 1. The van der Waals surface area contributed by atoms with Crippen molar-refractivity contribution in [1.29, 1.82) is 0 Å². The van der Waals surface area contributed by atoms with Crippen molar-refractivity contribution in [3.8, 4) is 0 Å². The standard InChI is InChI=1S/C29H33ClN4O/c1-2-3-6-16-34-27-13-12-23(30)19-26(27)28(32-29(34)35)31-24-14-17-33(18-15-24)20-22-10-7-9-21-8-4-5-11-25(21)22/h4-5,7-13,19,24H,2-3,6,14-18,20H2,1H3,(H,31,32,35). The molecule has 0 atom stereocenters. The molecule has 6 heteroatoms. The van der Waals surface area contributed by atoms with Gasteiger partial charge in [0.2, 0.25) is 0 Å². The summed E-state index contributed by atoms with van der Waals surface area (Å²) in [7, 11) is 0. The number of piperidine rings is 1. The van der Waals surface area contributed by atoms with Gasteiger partial charge >= 0.3 is 5.69 Å². The molecule has 0 spiro atoms. The molecule has 1 fully saturated rings. The van der Waals surface area contributed by atoms with Crippen molar-refractivity contribution in [3.63, 3.8) is 0 Å². The second kappa shape index (κ2) is 10.8. The number of nitrogens with zero attached hydrogens (tertiary/aromatic N) is 3.